The molecule has 0 fully saturated rings. The van der Waals surface area contributed by atoms with Gasteiger partial charge in [0, 0.05) is 35.1 Å². The van der Waals surface area contributed by atoms with Gasteiger partial charge in [0.2, 0.25) is 0 Å². The fourth-order valence-electron chi connectivity index (χ4n) is 3.26. The van der Waals surface area contributed by atoms with Crippen LogP contribution in [0.25, 0.3) is 11.1 Å². The molecule has 0 atom stereocenters. The summed E-state index contributed by atoms with van der Waals surface area (Å²) in [6.07, 6.45) is 4.22. The van der Waals surface area contributed by atoms with Crippen molar-refractivity contribution in [2.24, 2.45) is 0 Å². The summed E-state index contributed by atoms with van der Waals surface area (Å²) in [7, 11) is 0. The molecule has 1 heterocycles. The summed E-state index contributed by atoms with van der Waals surface area (Å²) < 4.78 is 5.72. The Morgan fingerprint density at radius 1 is 0.938 bits per heavy atom. The van der Waals surface area contributed by atoms with E-state index in [1.54, 1.807) is 36.7 Å². The summed E-state index contributed by atoms with van der Waals surface area (Å²) in [4.78, 5) is 21.0. The zero-order valence-corrected chi connectivity index (χ0v) is 18.3. The van der Waals surface area contributed by atoms with Crippen LogP contribution in [0, 0.1) is 6.92 Å². The minimum absolute atomic E-state index is 0.135. The van der Waals surface area contributed by atoms with Gasteiger partial charge in [-0.25, -0.2) is 9.97 Å². The minimum atomic E-state index is -0.135. The van der Waals surface area contributed by atoms with Crippen molar-refractivity contribution in [3.8, 4) is 22.9 Å². The van der Waals surface area contributed by atoms with Crippen molar-refractivity contribution in [2.75, 3.05) is 6.54 Å². The Bertz CT molecular complexity index is 1190. The molecule has 32 heavy (non-hydrogen) atoms. The highest BCUT2D eigenvalue weighted by molar-refractivity contribution is 6.30. The molecule has 0 aliphatic rings. The number of halogens is 1. The number of hydrogen-bond acceptors (Lipinski definition) is 4. The number of nitrogens with zero attached hydrogens (tertiary/aromatic N) is 2. The number of benzene rings is 3. The molecule has 0 unspecified atom stereocenters. The van der Waals surface area contributed by atoms with Gasteiger partial charge >= 0.3 is 6.01 Å². The number of carbonyl (C=O) groups excluding carboxylic acids is 1. The molecular formula is C26H22ClN3O2. The minimum Gasteiger partial charge on any atom is -0.424 e. The fraction of sp³-hybridized carbons (Fsp3) is 0.115. The van der Waals surface area contributed by atoms with E-state index in [9.17, 15) is 4.79 Å². The van der Waals surface area contributed by atoms with Gasteiger partial charge in [0.25, 0.3) is 5.91 Å². The second-order valence-corrected chi connectivity index (χ2v) is 7.76. The first-order chi connectivity index (χ1) is 15.6. The Labute approximate surface area is 192 Å². The average molecular weight is 444 g/mol. The summed E-state index contributed by atoms with van der Waals surface area (Å²) in [5.41, 5.74) is 4.86. The number of aromatic nitrogens is 2. The third kappa shape index (κ3) is 5.50. The molecule has 160 valence electrons. The van der Waals surface area contributed by atoms with Crippen LogP contribution in [0.4, 0.5) is 0 Å². The molecule has 0 aliphatic heterocycles. The average Bonchev–Trinajstić information content (AvgIpc) is 2.82. The van der Waals surface area contributed by atoms with Crippen LogP contribution in [0.5, 0.6) is 11.8 Å². The lowest BCUT2D eigenvalue weighted by Crippen LogP contribution is -2.25. The highest BCUT2D eigenvalue weighted by Gasteiger charge is 2.08. The number of nitrogens with one attached hydrogen (secondary N) is 1. The van der Waals surface area contributed by atoms with E-state index >= 15 is 0 Å². The Kier molecular flexibility index (Phi) is 6.78. The number of amides is 1. The van der Waals surface area contributed by atoms with E-state index in [4.69, 9.17) is 16.3 Å². The Balaban J connectivity index is 1.31. The monoisotopic (exact) mass is 443 g/mol. The lowest BCUT2D eigenvalue weighted by atomic mass is 10.0. The summed E-state index contributed by atoms with van der Waals surface area (Å²) in [5, 5.41) is 3.62. The van der Waals surface area contributed by atoms with Crippen molar-refractivity contribution in [3.05, 3.63) is 107 Å². The van der Waals surface area contributed by atoms with Crippen LogP contribution in [0.3, 0.4) is 0 Å². The molecule has 3 aromatic carbocycles. The predicted octanol–water partition coefficient (Wildman–Crippen LogP) is 5.87. The van der Waals surface area contributed by atoms with Crippen molar-refractivity contribution in [3.63, 3.8) is 0 Å². The van der Waals surface area contributed by atoms with Gasteiger partial charge in [0.1, 0.15) is 5.75 Å². The highest BCUT2D eigenvalue weighted by Crippen LogP contribution is 2.24. The lowest BCUT2D eigenvalue weighted by molar-refractivity contribution is 0.0954. The Morgan fingerprint density at radius 2 is 1.62 bits per heavy atom. The molecule has 4 rings (SSSR count). The van der Waals surface area contributed by atoms with E-state index in [0.717, 1.165) is 28.7 Å². The molecule has 0 saturated carbocycles. The van der Waals surface area contributed by atoms with Gasteiger partial charge in [-0.05, 0) is 66.4 Å². The third-order valence-electron chi connectivity index (χ3n) is 5.02. The van der Waals surface area contributed by atoms with E-state index in [2.05, 4.69) is 28.3 Å². The second kappa shape index (κ2) is 10.1. The van der Waals surface area contributed by atoms with E-state index in [1.165, 1.54) is 0 Å². The maximum atomic E-state index is 12.4. The van der Waals surface area contributed by atoms with Gasteiger partial charge in [-0.2, -0.15) is 0 Å². The second-order valence-electron chi connectivity index (χ2n) is 7.33. The first-order valence-electron chi connectivity index (χ1n) is 10.3. The molecule has 0 radical (unpaired) electrons. The first-order valence-corrected chi connectivity index (χ1v) is 10.6. The quantitative estimate of drug-likeness (QED) is 0.388. The maximum absolute atomic E-state index is 12.4. The molecular weight excluding hydrogens is 422 g/mol. The van der Waals surface area contributed by atoms with Gasteiger partial charge < -0.3 is 10.1 Å². The van der Waals surface area contributed by atoms with Crippen LogP contribution in [-0.2, 0) is 6.42 Å². The summed E-state index contributed by atoms with van der Waals surface area (Å²) in [6, 6.07) is 22.8. The molecule has 0 bridgehead atoms. The third-order valence-corrected chi connectivity index (χ3v) is 5.27. The van der Waals surface area contributed by atoms with Crippen LogP contribution >= 0.6 is 11.6 Å². The molecule has 0 saturated heterocycles. The normalized spacial score (nSPS) is 10.6. The summed E-state index contributed by atoms with van der Waals surface area (Å²) >= 11 is 5.89. The topological polar surface area (TPSA) is 64.1 Å². The Morgan fingerprint density at radius 3 is 2.31 bits per heavy atom. The van der Waals surface area contributed by atoms with Crippen LogP contribution < -0.4 is 10.1 Å². The van der Waals surface area contributed by atoms with E-state index < -0.39 is 0 Å². The van der Waals surface area contributed by atoms with E-state index in [-0.39, 0.29) is 11.9 Å². The first kappa shape index (κ1) is 21.5. The summed E-state index contributed by atoms with van der Waals surface area (Å²) in [6.45, 7) is 2.59. The molecule has 6 heteroatoms. The van der Waals surface area contributed by atoms with Gasteiger partial charge in [0.05, 0.1) is 0 Å². The Hall–Kier alpha value is -3.70. The van der Waals surface area contributed by atoms with Crippen LogP contribution in [0.1, 0.15) is 21.5 Å². The molecule has 0 spiro atoms. The molecule has 1 aromatic heterocycles. The number of carbonyl (C=O) groups is 1. The zero-order valence-electron chi connectivity index (χ0n) is 17.6. The fourth-order valence-corrected chi connectivity index (χ4v) is 3.38. The van der Waals surface area contributed by atoms with Crippen molar-refractivity contribution < 1.29 is 9.53 Å². The van der Waals surface area contributed by atoms with Crippen molar-refractivity contribution in [1.82, 2.24) is 15.3 Å². The maximum Gasteiger partial charge on any atom is 0.321 e. The number of aryl methyl sites for hydroxylation is 1. The van der Waals surface area contributed by atoms with E-state index in [1.807, 2.05) is 42.5 Å². The lowest BCUT2D eigenvalue weighted by Gasteiger charge is -2.08. The molecule has 0 aliphatic carbocycles. The highest BCUT2D eigenvalue weighted by atomic mass is 35.5. The van der Waals surface area contributed by atoms with Gasteiger partial charge in [-0.1, -0.05) is 48.0 Å². The van der Waals surface area contributed by atoms with Crippen molar-refractivity contribution >= 4 is 17.5 Å². The zero-order chi connectivity index (χ0) is 22.3. The smallest absolute Gasteiger partial charge is 0.321 e. The molecule has 1 amide bonds. The predicted molar refractivity (Wildman–Crippen MR) is 126 cm³/mol. The number of rotatable bonds is 7. The molecule has 4 aromatic rings. The molecule has 1 N–H and O–H groups in total. The van der Waals surface area contributed by atoms with Crippen LogP contribution in [-0.4, -0.2) is 22.4 Å². The SMILES string of the molecule is Cc1ccccc1-c1cnc(Oc2ccc(C(=O)NCCc3ccc(Cl)cc3)cc2)nc1. The van der Waals surface area contributed by atoms with Crippen molar-refractivity contribution in [2.45, 2.75) is 13.3 Å². The van der Waals surface area contributed by atoms with Gasteiger partial charge in [0.15, 0.2) is 0 Å². The van der Waals surface area contributed by atoms with Gasteiger partial charge in [-0.15, -0.1) is 0 Å². The van der Waals surface area contributed by atoms with Gasteiger partial charge in [-0.3, -0.25) is 4.79 Å². The number of ether oxygens (including phenoxy) is 1. The van der Waals surface area contributed by atoms with E-state index in [0.29, 0.717) is 22.9 Å². The molecule has 5 nitrogen and oxygen atoms in total. The number of hydrogen-bond donors (Lipinski definition) is 1. The standard InChI is InChI=1S/C26H22ClN3O2/c1-18-4-2-3-5-24(18)21-16-29-26(30-17-21)32-23-12-8-20(9-13-23)25(31)28-15-14-19-6-10-22(27)11-7-19/h2-13,16-17H,14-15H2,1H3,(H,28,31). The van der Waals surface area contributed by atoms with Crippen LogP contribution in [0.15, 0.2) is 85.2 Å². The summed E-state index contributed by atoms with van der Waals surface area (Å²) in [5.74, 6) is 0.427. The van der Waals surface area contributed by atoms with Crippen LogP contribution in [0.2, 0.25) is 5.02 Å². The van der Waals surface area contributed by atoms with Crippen molar-refractivity contribution in [1.29, 1.82) is 0 Å². The largest absolute Gasteiger partial charge is 0.424 e.